The van der Waals surface area contributed by atoms with Crippen molar-refractivity contribution in [2.24, 2.45) is 4.99 Å². The van der Waals surface area contributed by atoms with Gasteiger partial charge in [-0.3, -0.25) is 14.9 Å². The summed E-state index contributed by atoms with van der Waals surface area (Å²) < 4.78 is 0. The number of hydrogen-bond acceptors (Lipinski definition) is 4. The molecule has 0 aliphatic carbocycles. The molecule has 0 saturated heterocycles. The second-order valence-corrected chi connectivity index (χ2v) is 8.21. The van der Waals surface area contributed by atoms with Crippen molar-refractivity contribution in [3.63, 3.8) is 0 Å². The molecule has 0 radical (unpaired) electrons. The van der Waals surface area contributed by atoms with Gasteiger partial charge in [0.05, 0.1) is 22.3 Å². The highest BCUT2D eigenvalue weighted by atomic mass is 32.2. The molecular formula is C23H22N4OS. The predicted octanol–water partition coefficient (Wildman–Crippen LogP) is 4.88. The largest absolute Gasteiger partial charge is 0.355 e. The molecular weight excluding hydrogens is 380 g/mol. The molecule has 1 aliphatic rings. The zero-order valence-electron chi connectivity index (χ0n) is 16.3. The number of H-pyrrole nitrogens is 1. The van der Waals surface area contributed by atoms with E-state index in [0.717, 1.165) is 32.8 Å². The highest BCUT2D eigenvalue weighted by molar-refractivity contribution is 7.99. The minimum atomic E-state index is -0.223. The monoisotopic (exact) mass is 402 g/mol. The van der Waals surface area contributed by atoms with E-state index in [-0.39, 0.29) is 11.4 Å². The fourth-order valence-electron chi connectivity index (χ4n) is 3.22. The van der Waals surface area contributed by atoms with Crippen LogP contribution < -0.4 is 5.32 Å². The highest BCUT2D eigenvalue weighted by Crippen LogP contribution is 2.33. The number of aliphatic imine (C=N–C) groups is 1. The van der Waals surface area contributed by atoms with E-state index in [0.29, 0.717) is 5.56 Å². The van der Waals surface area contributed by atoms with Crippen molar-refractivity contribution in [1.29, 1.82) is 0 Å². The summed E-state index contributed by atoms with van der Waals surface area (Å²) in [6.45, 7) is 2.11. The third kappa shape index (κ3) is 4.17. The van der Waals surface area contributed by atoms with Crippen molar-refractivity contribution in [2.75, 3.05) is 7.05 Å². The summed E-state index contributed by atoms with van der Waals surface area (Å²) in [5.41, 5.74) is 2.31. The first-order valence-electron chi connectivity index (χ1n) is 9.45. The summed E-state index contributed by atoms with van der Waals surface area (Å²) in [4.78, 5) is 18.6. The van der Waals surface area contributed by atoms with Crippen molar-refractivity contribution in [3.05, 3.63) is 72.0 Å². The van der Waals surface area contributed by atoms with Crippen LogP contribution in [0.3, 0.4) is 0 Å². The van der Waals surface area contributed by atoms with Crippen LogP contribution in [0.5, 0.6) is 0 Å². The minimum Gasteiger partial charge on any atom is -0.355 e. The maximum atomic E-state index is 12.1. The molecule has 2 aromatic carbocycles. The van der Waals surface area contributed by atoms with E-state index in [4.69, 9.17) is 0 Å². The lowest BCUT2D eigenvalue weighted by Gasteiger charge is -2.20. The summed E-state index contributed by atoms with van der Waals surface area (Å²) >= 11 is 1.56. The molecule has 29 heavy (non-hydrogen) atoms. The maximum Gasteiger partial charge on any atom is 0.252 e. The van der Waals surface area contributed by atoms with Crippen LogP contribution in [0.2, 0.25) is 0 Å². The Labute approximate surface area is 174 Å². The molecule has 5 nitrogen and oxygen atoms in total. The average molecular weight is 403 g/mol. The number of carbonyl (C=O) groups excluding carboxylic acids is 1. The van der Waals surface area contributed by atoms with Crippen molar-refractivity contribution < 1.29 is 4.79 Å². The molecule has 0 saturated carbocycles. The molecule has 0 spiro atoms. The standard InChI is InChI=1S/C23H22N4OS/c1-23(12-5-6-14-25-23)13-11-19-17-10-9-16(15-20(17)27-26-19)29-21-8-4-3-7-18(21)22(28)24-2/h3-11,13-15H,12H2,1-2H3,(H,24,28)(H,26,27)/b13-11+. The van der Waals surface area contributed by atoms with Gasteiger partial charge in [0, 0.05) is 28.4 Å². The van der Waals surface area contributed by atoms with Gasteiger partial charge < -0.3 is 5.32 Å². The molecule has 1 aliphatic heterocycles. The lowest BCUT2D eigenvalue weighted by atomic mass is 9.95. The number of dihydropyridines is 1. The lowest BCUT2D eigenvalue weighted by molar-refractivity contribution is 0.0960. The van der Waals surface area contributed by atoms with E-state index in [9.17, 15) is 4.79 Å². The third-order valence-electron chi connectivity index (χ3n) is 4.87. The number of carbonyl (C=O) groups is 1. The Balaban J connectivity index is 1.59. The van der Waals surface area contributed by atoms with Gasteiger partial charge in [0.2, 0.25) is 0 Å². The minimum absolute atomic E-state index is 0.0862. The van der Waals surface area contributed by atoms with Crippen LogP contribution in [-0.4, -0.2) is 34.9 Å². The summed E-state index contributed by atoms with van der Waals surface area (Å²) in [5.74, 6) is -0.0862. The van der Waals surface area contributed by atoms with Gasteiger partial charge in [-0.1, -0.05) is 36.0 Å². The quantitative estimate of drug-likeness (QED) is 0.639. The Bertz CT molecular complexity index is 1140. The van der Waals surface area contributed by atoms with Crippen LogP contribution in [-0.2, 0) is 0 Å². The normalized spacial score (nSPS) is 18.6. The predicted molar refractivity (Wildman–Crippen MR) is 120 cm³/mol. The topological polar surface area (TPSA) is 70.1 Å². The molecule has 1 amide bonds. The SMILES string of the molecule is CNC(=O)c1ccccc1Sc1ccc2c(/C=C/C3(C)CC=CC=N3)n[nH]c2c1. The lowest BCUT2D eigenvalue weighted by Crippen LogP contribution is -2.19. The van der Waals surface area contributed by atoms with Gasteiger partial charge in [-0.25, -0.2) is 0 Å². The number of aromatic amines is 1. The first kappa shape index (κ1) is 19.2. The molecule has 0 bridgehead atoms. The van der Waals surface area contributed by atoms with Gasteiger partial charge in [0.1, 0.15) is 0 Å². The highest BCUT2D eigenvalue weighted by Gasteiger charge is 2.19. The molecule has 1 unspecified atom stereocenters. The van der Waals surface area contributed by atoms with Crippen molar-refractivity contribution in [3.8, 4) is 0 Å². The average Bonchev–Trinajstić information content (AvgIpc) is 3.15. The van der Waals surface area contributed by atoms with Gasteiger partial charge in [-0.2, -0.15) is 5.10 Å². The number of benzene rings is 2. The Morgan fingerprint density at radius 3 is 2.93 bits per heavy atom. The van der Waals surface area contributed by atoms with E-state index < -0.39 is 0 Å². The second kappa shape index (κ2) is 8.09. The molecule has 146 valence electrons. The molecule has 2 heterocycles. The van der Waals surface area contributed by atoms with Crippen molar-refractivity contribution in [1.82, 2.24) is 15.5 Å². The van der Waals surface area contributed by atoms with Gasteiger partial charge in [-0.15, -0.1) is 0 Å². The van der Waals surface area contributed by atoms with Gasteiger partial charge in [0.15, 0.2) is 0 Å². The number of nitrogens with one attached hydrogen (secondary N) is 2. The van der Waals surface area contributed by atoms with Crippen LogP contribution in [0.15, 0.2) is 75.5 Å². The summed E-state index contributed by atoms with van der Waals surface area (Å²) in [7, 11) is 1.64. The van der Waals surface area contributed by atoms with E-state index in [2.05, 4.69) is 57.8 Å². The summed E-state index contributed by atoms with van der Waals surface area (Å²) in [6, 6.07) is 13.8. The van der Waals surface area contributed by atoms with Gasteiger partial charge in [0.25, 0.3) is 5.91 Å². The number of hydrogen-bond donors (Lipinski definition) is 2. The number of aromatic nitrogens is 2. The molecule has 0 fully saturated rings. The second-order valence-electron chi connectivity index (χ2n) is 7.09. The molecule has 6 heteroatoms. The number of fused-ring (bicyclic) bond motifs is 1. The van der Waals surface area contributed by atoms with E-state index >= 15 is 0 Å². The fraction of sp³-hybridized carbons (Fsp3) is 0.174. The first-order chi connectivity index (χ1) is 14.1. The van der Waals surface area contributed by atoms with Crippen LogP contribution in [0.25, 0.3) is 17.0 Å². The van der Waals surface area contributed by atoms with Gasteiger partial charge >= 0.3 is 0 Å². The third-order valence-corrected chi connectivity index (χ3v) is 5.94. The zero-order valence-corrected chi connectivity index (χ0v) is 17.2. The summed E-state index contributed by atoms with van der Waals surface area (Å²) in [6.07, 6.45) is 11.0. The Morgan fingerprint density at radius 2 is 2.14 bits per heavy atom. The number of amides is 1. The smallest absolute Gasteiger partial charge is 0.252 e. The molecule has 1 aromatic heterocycles. The maximum absolute atomic E-state index is 12.1. The number of rotatable bonds is 5. The number of allylic oxidation sites excluding steroid dienone is 1. The molecule has 4 rings (SSSR count). The first-order valence-corrected chi connectivity index (χ1v) is 10.3. The number of nitrogens with zero attached hydrogens (tertiary/aromatic N) is 2. The zero-order chi connectivity index (χ0) is 20.3. The van der Waals surface area contributed by atoms with Crippen LogP contribution >= 0.6 is 11.8 Å². The fourth-order valence-corrected chi connectivity index (χ4v) is 4.20. The van der Waals surface area contributed by atoms with E-state index in [1.165, 1.54) is 0 Å². The molecule has 2 N–H and O–H groups in total. The van der Waals surface area contributed by atoms with Crippen molar-refractivity contribution in [2.45, 2.75) is 28.7 Å². The van der Waals surface area contributed by atoms with Crippen LogP contribution in [0.1, 0.15) is 29.4 Å². The summed E-state index contributed by atoms with van der Waals surface area (Å²) in [5, 5.41) is 11.3. The van der Waals surface area contributed by atoms with Crippen LogP contribution in [0, 0.1) is 0 Å². The van der Waals surface area contributed by atoms with E-state index in [1.807, 2.05) is 42.6 Å². The molecule has 3 aromatic rings. The molecule has 1 atom stereocenters. The Hall–Kier alpha value is -3.12. The Morgan fingerprint density at radius 1 is 1.28 bits per heavy atom. The Kier molecular flexibility index (Phi) is 5.36. The van der Waals surface area contributed by atoms with E-state index in [1.54, 1.807) is 18.8 Å². The van der Waals surface area contributed by atoms with Crippen molar-refractivity contribution >= 4 is 40.9 Å². The van der Waals surface area contributed by atoms with Gasteiger partial charge in [-0.05, 0) is 55.8 Å². The van der Waals surface area contributed by atoms with Crippen LogP contribution in [0.4, 0.5) is 0 Å².